The molecule has 1 saturated carbocycles. The Kier molecular flexibility index (Phi) is 5.03. The second-order valence-corrected chi connectivity index (χ2v) is 6.25. The van der Waals surface area contributed by atoms with E-state index in [0.717, 1.165) is 12.8 Å². The molecule has 130 valence electrons. The number of rotatable bonds is 6. The molecule has 0 radical (unpaired) electrons. The van der Waals surface area contributed by atoms with E-state index >= 15 is 0 Å². The van der Waals surface area contributed by atoms with E-state index in [0.29, 0.717) is 24.4 Å². The van der Waals surface area contributed by atoms with E-state index < -0.39 is 6.09 Å². The minimum atomic E-state index is -0.502. The summed E-state index contributed by atoms with van der Waals surface area (Å²) in [6, 6.07) is 17.1. The minimum Gasteiger partial charge on any atom is -0.450 e. The zero-order valence-corrected chi connectivity index (χ0v) is 14.2. The fraction of sp³-hybridized carbons (Fsp3) is 0.300. The summed E-state index contributed by atoms with van der Waals surface area (Å²) in [5.74, 6) is -0.107. The predicted octanol–water partition coefficient (Wildman–Crippen LogP) is 3.72. The Hall–Kier alpha value is -2.82. The first-order chi connectivity index (χ1) is 12.1. The van der Waals surface area contributed by atoms with Crippen LogP contribution in [0.25, 0.3) is 0 Å². The Balaban J connectivity index is 1.56. The summed E-state index contributed by atoms with van der Waals surface area (Å²) < 4.78 is 4.82. The van der Waals surface area contributed by atoms with Gasteiger partial charge in [-0.2, -0.15) is 0 Å². The zero-order chi connectivity index (χ0) is 17.7. The third-order valence-electron chi connectivity index (χ3n) is 4.50. The molecule has 3 rings (SSSR count). The number of nitrogens with one attached hydrogen (secondary N) is 2. The third kappa shape index (κ3) is 4.18. The molecular weight excluding hydrogens is 316 g/mol. The highest BCUT2D eigenvalue weighted by Crippen LogP contribution is 2.47. The number of benzene rings is 2. The standard InChI is InChI=1S/C20H22N2O3/c1-2-25-19(24)22-17-10-8-15(9-11-17)18(23)21-14-20(12-13-20)16-6-4-3-5-7-16/h3-11H,2,12-14H2,1H3,(H,21,23)(H,22,24). The van der Waals surface area contributed by atoms with E-state index in [4.69, 9.17) is 4.74 Å². The minimum absolute atomic E-state index is 0.0856. The van der Waals surface area contributed by atoms with Crippen molar-refractivity contribution < 1.29 is 14.3 Å². The van der Waals surface area contributed by atoms with Crippen LogP contribution in [-0.4, -0.2) is 25.2 Å². The first-order valence-electron chi connectivity index (χ1n) is 8.50. The number of amides is 2. The lowest BCUT2D eigenvalue weighted by Crippen LogP contribution is -2.32. The summed E-state index contributed by atoms with van der Waals surface area (Å²) in [5, 5.41) is 5.63. The highest BCUT2D eigenvalue weighted by molar-refractivity contribution is 5.95. The molecule has 0 spiro atoms. The normalized spacial score (nSPS) is 14.4. The van der Waals surface area contributed by atoms with Crippen LogP contribution in [0.15, 0.2) is 54.6 Å². The maximum Gasteiger partial charge on any atom is 0.411 e. The van der Waals surface area contributed by atoms with E-state index in [1.807, 2.05) is 18.2 Å². The lowest BCUT2D eigenvalue weighted by Gasteiger charge is -2.16. The molecule has 0 unspecified atom stereocenters. The van der Waals surface area contributed by atoms with Crippen molar-refractivity contribution in [1.29, 1.82) is 0 Å². The van der Waals surface area contributed by atoms with Gasteiger partial charge >= 0.3 is 6.09 Å². The Morgan fingerprint density at radius 1 is 1.04 bits per heavy atom. The van der Waals surface area contributed by atoms with Crippen LogP contribution in [0.1, 0.15) is 35.7 Å². The topological polar surface area (TPSA) is 67.4 Å². The van der Waals surface area contributed by atoms with Crippen molar-refractivity contribution in [2.45, 2.75) is 25.2 Å². The first-order valence-corrected chi connectivity index (χ1v) is 8.50. The molecule has 2 aromatic rings. The molecule has 2 aromatic carbocycles. The molecule has 5 nitrogen and oxygen atoms in total. The van der Waals surface area contributed by atoms with Gasteiger partial charge in [-0.15, -0.1) is 0 Å². The van der Waals surface area contributed by atoms with E-state index in [1.54, 1.807) is 31.2 Å². The van der Waals surface area contributed by atoms with Crippen molar-refractivity contribution >= 4 is 17.7 Å². The first kappa shape index (κ1) is 17.0. The molecular formula is C20H22N2O3. The Morgan fingerprint density at radius 2 is 1.72 bits per heavy atom. The summed E-state index contributed by atoms with van der Waals surface area (Å²) in [7, 11) is 0. The molecule has 1 fully saturated rings. The van der Waals surface area contributed by atoms with Gasteiger partial charge in [-0.25, -0.2) is 4.79 Å². The zero-order valence-electron chi connectivity index (χ0n) is 14.2. The van der Waals surface area contributed by atoms with Gasteiger partial charge < -0.3 is 10.1 Å². The number of hydrogen-bond donors (Lipinski definition) is 2. The molecule has 25 heavy (non-hydrogen) atoms. The van der Waals surface area contributed by atoms with Crippen LogP contribution >= 0.6 is 0 Å². The van der Waals surface area contributed by atoms with Gasteiger partial charge in [-0.3, -0.25) is 10.1 Å². The summed E-state index contributed by atoms with van der Waals surface area (Å²) in [6.07, 6.45) is 1.69. The molecule has 1 aliphatic rings. The lowest BCUT2D eigenvalue weighted by atomic mass is 9.96. The van der Waals surface area contributed by atoms with Crippen LogP contribution in [0.5, 0.6) is 0 Å². The van der Waals surface area contributed by atoms with E-state index in [2.05, 4.69) is 22.8 Å². The van der Waals surface area contributed by atoms with Crippen LogP contribution in [0, 0.1) is 0 Å². The van der Waals surface area contributed by atoms with Crippen LogP contribution in [-0.2, 0) is 10.2 Å². The SMILES string of the molecule is CCOC(=O)Nc1ccc(C(=O)NCC2(c3ccccc3)CC2)cc1. The van der Waals surface area contributed by atoms with Gasteiger partial charge in [-0.05, 0) is 49.6 Å². The van der Waals surface area contributed by atoms with E-state index in [1.165, 1.54) is 5.56 Å². The van der Waals surface area contributed by atoms with Crippen molar-refractivity contribution in [3.8, 4) is 0 Å². The van der Waals surface area contributed by atoms with Crippen molar-refractivity contribution in [3.05, 3.63) is 65.7 Å². The molecule has 5 heteroatoms. The van der Waals surface area contributed by atoms with E-state index in [9.17, 15) is 9.59 Å². The number of carbonyl (C=O) groups is 2. The van der Waals surface area contributed by atoms with Gasteiger partial charge in [-0.1, -0.05) is 30.3 Å². The molecule has 1 aliphatic carbocycles. The van der Waals surface area contributed by atoms with Crippen LogP contribution < -0.4 is 10.6 Å². The number of carbonyl (C=O) groups excluding carboxylic acids is 2. The number of ether oxygens (including phenoxy) is 1. The highest BCUT2D eigenvalue weighted by Gasteiger charge is 2.44. The highest BCUT2D eigenvalue weighted by atomic mass is 16.5. The van der Waals surface area contributed by atoms with Gasteiger partial charge in [0.1, 0.15) is 0 Å². The monoisotopic (exact) mass is 338 g/mol. The molecule has 2 amide bonds. The average molecular weight is 338 g/mol. The quantitative estimate of drug-likeness (QED) is 0.843. The fourth-order valence-corrected chi connectivity index (χ4v) is 2.85. The molecule has 0 saturated heterocycles. The molecule has 0 aromatic heterocycles. The van der Waals surface area contributed by atoms with Gasteiger partial charge in [0.05, 0.1) is 6.61 Å². The second-order valence-electron chi connectivity index (χ2n) is 6.25. The van der Waals surface area contributed by atoms with Crippen molar-refractivity contribution in [2.24, 2.45) is 0 Å². The fourth-order valence-electron chi connectivity index (χ4n) is 2.85. The van der Waals surface area contributed by atoms with Crippen LogP contribution in [0.4, 0.5) is 10.5 Å². The Morgan fingerprint density at radius 3 is 2.32 bits per heavy atom. The summed E-state index contributed by atoms with van der Waals surface area (Å²) >= 11 is 0. The van der Waals surface area contributed by atoms with Crippen LogP contribution in [0.2, 0.25) is 0 Å². The molecule has 2 N–H and O–H groups in total. The third-order valence-corrected chi connectivity index (χ3v) is 4.50. The van der Waals surface area contributed by atoms with Gasteiger partial charge in [0.15, 0.2) is 0 Å². The largest absolute Gasteiger partial charge is 0.450 e. The summed E-state index contributed by atoms with van der Waals surface area (Å²) in [6.45, 7) is 2.70. The smallest absolute Gasteiger partial charge is 0.411 e. The van der Waals surface area contributed by atoms with Crippen molar-refractivity contribution in [3.63, 3.8) is 0 Å². The van der Waals surface area contributed by atoms with Crippen molar-refractivity contribution in [1.82, 2.24) is 5.32 Å². The Labute approximate surface area is 147 Å². The number of hydrogen-bond acceptors (Lipinski definition) is 3. The molecule has 0 bridgehead atoms. The predicted molar refractivity (Wildman–Crippen MR) is 96.8 cm³/mol. The number of anilines is 1. The molecule has 0 atom stereocenters. The maximum atomic E-state index is 12.4. The Bertz CT molecular complexity index is 737. The second kappa shape index (κ2) is 7.38. The average Bonchev–Trinajstić information content (AvgIpc) is 3.42. The molecule has 0 aliphatic heterocycles. The summed E-state index contributed by atoms with van der Waals surface area (Å²) in [5.41, 5.74) is 2.53. The maximum absolute atomic E-state index is 12.4. The van der Waals surface area contributed by atoms with Gasteiger partial charge in [0.25, 0.3) is 5.91 Å². The van der Waals surface area contributed by atoms with Gasteiger partial charge in [0, 0.05) is 23.2 Å². The lowest BCUT2D eigenvalue weighted by molar-refractivity contribution is 0.0949. The van der Waals surface area contributed by atoms with Crippen molar-refractivity contribution in [2.75, 3.05) is 18.5 Å². The van der Waals surface area contributed by atoms with Crippen LogP contribution in [0.3, 0.4) is 0 Å². The summed E-state index contributed by atoms with van der Waals surface area (Å²) in [4.78, 5) is 23.7. The van der Waals surface area contributed by atoms with Gasteiger partial charge in [0.2, 0.25) is 0 Å². The molecule has 0 heterocycles. The van der Waals surface area contributed by atoms with E-state index in [-0.39, 0.29) is 11.3 Å².